The molecular weight excluding hydrogens is 170 g/mol. The van der Waals surface area contributed by atoms with Gasteiger partial charge in [0, 0.05) is 26.4 Å². The van der Waals surface area contributed by atoms with E-state index in [4.69, 9.17) is 0 Å². The smallest absolute Gasteiger partial charge is 0.219 e. The first kappa shape index (κ1) is 9.89. The molecule has 13 heavy (non-hydrogen) atoms. The van der Waals surface area contributed by atoms with E-state index in [9.17, 15) is 14.4 Å². The molecule has 1 unspecified atom stereocenters. The summed E-state index contributed by atoms with van der Waals surface area (Å²) in [5, 5.41) is 0. The molecule has 0 aromatic heterocycles. The molecule has 1 rings (SSSR count). The van der Waals surface area contributed by atoms with Gasteiger partial charge in [-0.3, -0.25) is 14.4 Å². The largest absolute Gasteiger partial charge is 0.341 e. The van der Waals surface area contributed by atoms with Crippen LogP contribution < -0.4 is 0 Å². The molecule has 0 radical (unpaired) electrons. The average Bonchev–Trinajstić information content (AvgIpc) is 2.04. The van der Waals surface area contributed by atoms with Gasteiger partial charge in [0.25, 0.3) is 0 Å². The van der Waals surface area contributed by atoms with Gasteiger partial charge in [-0.25, -0.2) is 0 Å². The third-order valence-electron chi connectivity index (χ3n) is 2.36. The van der Waals surface area contributed by atoms with Gasteiger partial charge in [0.2, 0.25) is 5.91 Å². The zero-order valence-electron chi connectivity index (χ0n) is 7.87. The Morgan fingerprint density at radius 3 is 2.46 bits per heavy atom. The maximum Gasteiger partial charge on any atom is 0.219 e. The van der Waals surface area contributed by atoms with Crippen molar-refractivity contribution in [1.82, 2.24) is 4.90 Å². The number of hydrogen-bond donors (Lipinski definition) is 0. The minimum atomic E-state index is -0.586. The molecule has 1 aliphatic heterocycles. The van der Waals surface area contributed by atoms with Crippen LogP contribution in [0.2, 0.25) is 0 Å². The lowest BCUT2D eigenvalue weighted by Crippen LogP contribution is -2.45. The Morgan fingerprint density at radius 2 is 2.00 bits per heavy atom. The second-order valence-corrected chi connectivity index (χ2v) is 3.34. The van der Waals surface area contributed by atoms with E-state index in [1.165, 1.54) is 13.8 Å². The lowest BCUT2D eigenvalue weighted by molar-refractivity contribution is -0.139. The molecule has 0 spiro atoms. The molecule has 1 fully saturated rings. The third-order valence-corrected chi connectivity index (χ3v) is 2.36. The third kappa shape index (κ3) is 2.14. The van der Waals surface area contributed by atoms with Crippen LogP contribution in [0.15, 0.2) is 0 Å². The van der Waals surface area contributed by atoms with E-state index in [0.29, 0.717) is 13.0 Å². The molecule has 72 valence electrons. The normalized spacial score (nSPS) is 23.1. The number of hydrogen-bond acceptors (Lipinski definition) is 3. The summed E-state index contributed by atoms with van der Waals surface area (Å²) in [7, 11) is 0. The van der Waals surface area contributed by atoms with Crippen molar-refractivity contribution in [1.29, 1.82) is 0 Å². The standard InChI is InChI=1S/C9H13NO3/c1-6(11)8-5-10(7(2)12)4-3-9(8)13/h8H,3-5H2,1-2H3. The van der Waals surface area contributed by atoms with E-state index in [1.807, 2.05) is 0 Å². The van der Waals surface area contributed by atoms with Gasteiger partial charge in [0.1, 0.15) is 11.6 Å². The number of rotatable bonds is 1. The van der Waals surface area contributed by atoms with E-state index in [0.717, 1.165) is 0 Å². The Hall–Kier alpha value is -1.19. The summed E-state index contributed by atoms with van der Waals surface area (Å²) in [6, 6.07) is 0. The SMILES string of the molecule is CC(=O)C1CN(C(C)=O)CCC1=O. The predicted molar refractivity (Wildman–Crippen MR) is 46.0 cm³/mol. The van der Waals surface area contributed by atoms with Gasteiger partial charge in [-0.1, -0.05) is 0 Å². The molecule has 4 nitrogen and oxygen atoms in total. The maximum atomic E-state index is 11.2. The topological polar surface area (TPSA) is 54.5 Å². The Labute approximate surface area is 76.9 Å². The Morgan fingerprint density at radius 1 is 1.38 bits per heavy atom. The van der Waals surface area contributed by atoms with Crippen LogP contribution in [0, 0.1) is 5.92 Å². The highest BCUT2D eigenvalue weighted by molar-refractivity contribution is 6.02. The highest BCUT2D eigenvalue weighted by Crippen LogP contribution is 2.13. The van der Waals surface area contributed by atoms with Crippen LogP contribution in [-0.2, 0) is 14.4 Å². The fourth-order valence-corrected chi connectivity index (χ4v) is 1.47. The van der Waals surface area contributed by atoms with E-state index in [2.05, 4.69) is 0 Å². The van der Waals surface area contributed by atoms with Crippen LogP contribution in [0.4, 0.5) is 0 Å². The van der Waals surface area contributed by atoms with Gasteiger partial charge >= 0.3 is 0 Å². The molecule has 0 bridgehead atoms. The summed E-state index contributed by atoms with van der Waals surface area (Å²) in [6.45, 7) is 3.57. The molecule has 1 heterocycles. The first-order chi connectivity index (χ1) is 6.02. The molecule has 0 aliphatic carbocycles. The van der Waals surface area contributed by atoms with Gasteiger partial charge < -0.3 is 4.90 Å². The number of amides is 1. The molecule has 1 amide bonds. The second kappa shape index (κ2) is 3.68. The number of likely N-dealkylation sites (tertiary alicyclic amines) is 1. The number of Topliss-reactive ketones (excluding diaryl/α,β-unsaturated/α-hetero) is 2. The number of piperidine rings is 1. The molecule has 1 atom stereocenters. The van der Waals surface area contributed by atoms with Crippen molar-refractivity contribution >= 4 is 17.5 Å². The Bertz CT molecular complexity index is 260. The molecule has 0 N–H and O–H groups in total. The summed E-state index contributed by atoms with van der Waals surface area (Å²) in [4.78, 5) is 34.8. The van der Waals surface area contributed by atoms with Crippen molar-refractivity contribution < 1.29 is 14.4 Å². The van der Waals surface area contributed by atoms with Crippen molar-refractivity contribution in [3.8, 4) is 0 Å². The zero-order valence-corrected chi connectivity index (χ0v) is 7.87. The monoisotopic (exact) mass is 183 g/mol. The maximum absolute atomic E-state index is 11.2. The second-order valence-electron chi connectivity index (χ2n) is 3.34. The number of nitrogens with zero attached hydrogens (tertiary/aromatic N) is 1. The molecule has 1 saturated heterocycles. The van der Waals surface area contributed by atoms with Crippen molar-refractivity contribution in [2.75, 3.05) is 13.1 Å². The highest BCUT2D eigenvalue weighted by atomic mass is 16.2. The van der Waals surface area contributed by atoms with Crippen LogP contribution >= 0.6 is 0 Å². The zero-order chi connectivity index (χ0) is 10.0. The molecule has 0 saturated carbocycles. The average molecular weight is 183 g/mol. The first-order valence-corrected chi connectivity index (χ1v) is 4.31. The number of carbonyl (C=O) groups is 3. The quantitative estimate of drug-likeness (QED) is 0.538. The highest BCUT2D eigenvalue weighted by Gasteiger charge is 2.31. The van der Waals surface area contributed by atoms with Crippen molar-refractivity contribution in [3.05, 3.63) is 0 Å². The van der Waals surface area contributed by atoms with Crippen LogP contribution in [0.1, 0.15) is 20.3 Å². The van der Waals surface area contributed by atoms with E-state index < -0.39 is 5.92 Å². The van der Waals surface area contributed by atoms with Crippen LogP contribution in [0.25, 0.3) is 0 Å². The van der Waals surface area contributed by atoms with Gasteiger partial charge in [-0.15, -0.1) is 0 Å². The summed E-state index contributed by atoms with van der Waals surface area (Å²) in [6.07, 6.45) is 0.309. The Kier molecular flexibility index (Phi) is 2.80. The fourth-order valence-electron chi connectivity index (χ4n) is 1.47. The fraction of sp³-hybridized carbons (Fsp3) is 0.667. The summed E-state index contributed by atoms with van der Waals surface area (Å²) in [5.74, 6) is -0.836. The van der Waals surface area contributed by atoms with Gasteiger partial charge in [-0.05, 0) is 6.92 Å². The van der Waals surface area contributed by atoms with Gasteiger partial charge in [0.05, 0.1) is 5.92 Å². The summed E-state index contributed by atoms with van der Waals surface area (Å²) >= 11 is 0. The van der Waals surface area contributed by atoms with E-state index in [-0.39, 0.29) is 24.0 Å². The number of ketones is 2. The minimum Gasteiger partial charge on any atom is -0.341 e. The summed E-state index contributed by atoms with van der Waals surface area (Å²) < 4.78 is 0. The van der Waals surface area contributed by atoms with E-state index >= 15 is 0 Å². The first-order valence-electron chi connectivity index (χ1n) is 4.31. The predicted octanol–water partition coefficient (Wildman–Crippen LogP) is 0.0129. The lowest BCUT2D eigenvalue weighted by atomic mass is 9.93. The molecule has 4 heteroatoms. The molecule has 1 aliphatic rings. The van der Waals surface area contributed by atoms with Gasteiger partial charge in [0.15, 0.2) is 0 Å². The minimum absolute atomic E-state index is 0.0370. The summed E-state index contributed by atoms with van der Waals surface area (Å²) in [5.41, 5.74) is 0. The molecule has 0 aromatic carbocycles. The van der Waals surface area contributed by atoms with Gasteiger partial charge in [-0.2, -0.15) is 0 Å². The molecular formula is C9H13NO3. The van der Waals surface area contributed by atoms with Crippen LogP contribution in [0.3, 0.4) is 0 Å². The van der Waals surface area contributed by atoms with E-state index in [1.54, 1.807) is 4.90 Å². The van der Waals surface area contributed by atoms with Crippen LogP contribution in [0.5, 0.6) is 0 Å². The molecule has 0 aromatic rings. The number of carbonyl (C=O) groups excluding carboxylic acids is 3. The Balaban J connectivity index is 2.68. The van der Waals surface area contributed by atoms with Crippen molar-refractivity contribution in [3.63, 3.8) is 0 Å². The lowest BCUT2D eigenvalue weighted by Gasteiger charge is -2.29. The van der Waals surface area contributed by atoms with Crippen LogP contribution in [-0.4, -0.2) is 35.5 Å². The van der Waals surface area contributed by atoms with Crippen molar-refractivity contribution in [2.24, 2.45) is 5.92 Å². The van der Waals surface area contributed by atoms with Crippen molar-refractivity contribution in [2.45, 2.75) is 20.3 Å².